The van der Waals surface area contributed by atoms with E-state index >= 15 is 0 Å². The molecule has 0 aromatic heterocycles. The normalized spacial score (nSPS) is 51.8. The van der Waals surface area contributed by atoms with Crippen molar-refractivity contribution in [1.29, 1.82) is 0 Å². The molecule has 4 atom stereocenters. The molecule has 2 rings (SSSR count). The number of hydrogen-bond donors (Lipinski definition) is 0. The second kappa shape index (κ2) is 2.60. The van der Waals surface area contributed by atoms with E-state index in [4.69, 9.17) is 0 Å². The molecule has 2 nitrogen and oxygen atoms in total. The molecule has 0 radical (unpaired) electrons. The van der Waals surface area contributed by atoms with Crippen molar-refractivity contribution in [2.75, 3.05) is 7.05 Å². The number of carbonyl (C=O) groups excluding carboxylic acids is 1. The summed E-state index contributed by atoms with van der Waals surface area (Å²) in [6.45, 7) is 8.61. The molecule has 0 aromatic carbocycles. The third-order valence-corrected chi connectivity index (χ3v) is 5.26. The van der Waals surface area contributed by atoms with Gasteiger partial charge in [-0.3, -0.25) is 9.69 Å². The molecule has 0 aromatic rings. The topological polar surface area (TPSA) is 20.3 Å². The van der Waals surface area contributed by atoms with E-state index in [1.54, 1.807) is 6.92 Å². The van der Waals surface area contributed by atoms with Crippen molar-refractivity contribution in [3.8, 4) is 0 Å². The number of likely N-dealkylation sites (N-methyl/N-ethyl adjacent to an activating group) is 1. The van der Waals surface area contributed by atoms with Gasteiger partial charge in [0.15, 0.2) is 0 Å². The molecule has 2 fully saturated rings. The highest BCUT2D eigenvalue weighted by Gasteiger charge is 2.74. The highest BCUT2D eigenvalue weighted by Crippen LogP contribution is 2.67. The second-order valence-electron chi connectivity index (χ2n) is 5.38. The van der Waals surface area contributed by atoms with Crippen LogP contribution in [0.2, 0.25) is 0 Å². The lowest BCUT2D eigenvalue weighted by Crippen LogP contribution is -2.43. The number of nitrogens with zero attached hydrogens (tertiary/aromatic N) is 1. The van der Waals surface area contributed by atoms with E-state index in [9.17, 15) is 4.79 Å². The van der Waals surface area contributed by atoms with Crippen LogP contribution in [0.25, 0.3) is 0 Å². The number of ketones is 1. The molecule has 1 aliphatic carbocycles. The Hall–Kier alpha value is -0.370. The largest absolute Gasteiger partial charge is 0.298 e. The molecule has 0 spiro atoms. The first kappa shape index (κ1) is 10.2. The fourth-order valence-corrected chi connectivity index (χ4v) is 3.68. The van der Waals surface area contributed by atoms with Gasteiger partial charge >= 0.3 is 0 Å². The molecular weight excluding hydrogens is 174 g/mol. The van der Waals surface area contributed by atoms with Gasteiger partial charge in [-0.25, -0.2) is 0 Å². The average Bonchev–Trinajstić information content (AvgIpc) is 2.87. The van der Waals surface area contributed by atoms with E-state index in [0.717, 1.165) is 6.42 Å². The predicted molar refractivity (Wildman–Crippen MR) is 57.1 cm³/mol. The third kappa shape index (κ3) is 0.837. The first-order valence-electron chi connectivity index (χ1n) is 5.65. The highest BCUT2D eigenvalue weighted by atomic mass is 16.1. The van der Waals surface area contributed by atoms with E-state index in [1.165, 1.54) is 6.42 Å². The molecule has 14 heavy (non-hydrogen) atoms. The van der Waals surface area contributed by atoms with Crippen LogP contribution in [-0.4, -0.2) is 29.3 Å². The molecular formula is C12H21NO. The van der Waals surface area contributed by atoms with Crippen molar-refractivity contribution in [3.63, 3.8) is 0 Å². The SMILES string of the molecule is CCC1(C)C(C)N(C)C2(C(C)=O)CC12. The Bertz CT molecular complexity index is 288. The maximum absolute atomic E-state index is 11.7. The molecule has 4 unspecified atom stereocenters. The number of hydrogen-bond acceptors (Lipinski definition) is 2. The van der Waals surface area contributed by atoms with Gasteiger partial charge in [-0.15, -0.1) is 0 Å². The molecule has 0 amide bonds. The van der Waals surface area contributed by atoms with E-state index in [-0.39, 0.29) is 5.54 Å². The van der Waals surface area contributed by atoms with Gasteiger partial charge in [-0.05, 0) is 45.1 Å². The number of fused-ring (bicyclic) bond motifs is 1. The number of likely N-dealkylation sites (tertiary alicyclic amines) is 1. The summed E-state index contributed by atoms with van der Waals surface area (Å²) >= 11 is 0. The third-order valence-electron chi connectivity index (χ3n) is 5.26. The van der Waals surface area contributed by atoms with Crippen LogP contribution >= 0.6 is 0 Å². The Morgan fingerprint density at radius 1 is 1.57 bits per heavy atom. The zero-order chi connectivity index (χ0) is 10.7. The average molecular weight is 195 g/mol. The van der Waals surface area contributed by atoms with E-state index in [0.29, 0.717) is 23.2 Å². The number of carbonyl (C=O) groups is 1. The second-order valence-corrected chi connectivity index (χ2v) is 5.38. The lowest BCUT2D eigenvalue weighted by Gasteiger charge is -2.35. The Morgan fingerprint density at radius 2 is 2.14 bits per heavy atom. The van der Waals surface area contributed by atoms with Crippen LogP contribution in [0.15, 0.2) is 0 Å². The van der Waals surface area contributed by atoms with Crippen molar-refractivity contribution >= 4 is 5.78 Å². The fraction of sp³-hybridized carbons (Fsp3) is 0.917. The molecule has 2 heteroatoms. The molecule has 2 aliphatic rings. The summed E-state index contributed by atoms with van der Waals surface area (Å²) in [6.07, 6.45) is 2.27. The van der Waals surface area contributed by atoms with Gasteiger partial charge in [0.2, 0.25) is 0 Å². The minimum absolute atomic E-state index is 0.0792. The zero-order valence-electron chi connectivity index (χ0n) is 9.92. The van der Waals surface area contributed by atoms with Crippen molar-refractivity contribution < 1.29 is 4.79 Å². The van der Waals surface area contributed by atoms with Gasteiger partial charge in [0.25, 0.3) is 0 Å². The molecule has 1 saturated carbocycles. The van der Waals surface area contributed by atoms with Gasteiger partial charge in [0.1, 0.15) is 5.78 Å². The molecule has 0 N–H and O–H groups in total. The monoisotopic (exact) mass is 195 g/mol. The predicted octanol–water partition coefficient (Wildman–Crippen LogP) is 2.08. The Balaban J connectivity index is 2.37. The number of Topliss-reactive ketones (excluding diaryl/α,β-unsaturated/α-hetero) is 1. The summed E-state index contributed by atoms with van der Waals surface area (Å²) in [5, 5.41) is 0. The first-order valence-corrected chi connectivity index (χ1v) is 5.65. The van der Waals surface area contributed by atoms with Crippen LogP contribution in [0.3, 0.4) is 0 Å². The van der Waals surface area contributed by atoms with Crippen LogP contribution < -0.4 is 0 Å². The molecule has 1 saturated heterocycles. The van der Waals surface area contributed by atoms with Crippen molar-refractivity contribution in [2.45, 2.75) is 52.1 Å². The summed E-state index contributed by atoms with van der Waals surface area (Å²) in [6, 6.07) is 0.537. The van der Waals surface area contributed by atoms with Crippen LogP contribution in [0, 0.1) is 11.3 Å². The summed E-state index contributed by atoms with van der Waals surface area (Å²) in [7, 11) is 2.12. The van der Waals surface area contributed by atoms with Gasteiger partial charge in [0.05, 0.1) is 5.54 Å². The molecule has 80 valence electrons. The minimum Gasteiger partial charge on any atom is -0.298 e. The molecule has 1 heterocycles. The van der Waals surface area contributed by atoms with Crippen LogP contribution in [-0.2, 0) is 4.79 Å². The fourth-order valence-electron chi connectivity index (χ4n) is 3.68. The molecule has 0 bridgehead atoms. The van der Waals surface area contributed by atoms with Crippen LogP contribution in [0.4, 0.5) is 0 Å². The number of rotatable bonds is 2. The Morgan fingerprint density at radius 3 is 2.43 bits per heavy atom. The van der Waals surface area contributed by atoms with E-state index in [2.05, 4.69) is 32.7 Å². The standard InChI is InChI=1S/C12H21NO/c1-6-11(4)8(2)13(5)12(9(3)14)7-10(11)12/h8,10H,6-7H2,1-5H3. The van der Waals surface area contributed by atoms with Gasteiger partial charge < -0.3 is 0 Å². The highest BCUT2D eigenvalue weighted by molar-refractivity contribution is 5.91. The maximum atomic E-state index is 11.7. The first-order chi connectivity index (χ1) is 6.41. The van der Waals surface area contributed by atoms with Crippen LogP contribution in [0.1, 0.15) is 40.5 Å². The minimum atomic E-state index is -0.0792. The van der Waals surface area contributed by atoms with Crippen molar-refractivity contribution in [2.24, 2.45) is 11.3 Å². The van der Waals surface area contributed by atoms with Gasteiger partial charge in [-0.1, -0.05) is 13.8 Å². The summed E-state index contributed by atoms with van der Waals surface area (Å²) in [5.74, 6) is 0.978. The Labute approximate surface area is 86.7 Å². The molecule has 1 aliphatic heterocycles. The summed E-state index contributed by atoms with van der Waals surface area (Å²) < 4.78 is 0. The lowest BCUT2D eigenvalue weighted by molar-refractivity contribution is -0.123. The number of piperidine rings is 1. The maximum Gasteiger partial charge on any atom is 0.150 e. The van der Waals surface area contributed by atoms with Crippen molar-refractivity contribution in [3.05, 3.63) is 0 Å². The zero-order valence-corrected chi connectivity index (χ0v) is 9.92. The smallest absolute Gasteiger partial charge is 0.150 e. The Kier molecular flexibility index (Phi) is 1.89. The van der Waals surface area contributed by atoms with Crippen LogP contribution in [0.5, 0.6) is 0 Å². The quantitative estimate of drug-likeness (QED) is 0.672. The van der Waals surface area contributed by atoms with E-state index < -0.39 is 0 Å². The van der Waals surface area contributed by atoms with Crippen molar-refractivity contribution in [1.82, 2.24) is 4.90 Å². The lowest BCUT2D eigenvalue weighted by atomic mass is 9.77. The summed E-state index contributed by atoms with van der Waals surface area (Å²) in [5.41, 5.74) is 0.268. The summed E-state index contributed by atoms with van der Waals surface area (Å²) in [4.78, 5) is 14.1. The van der Waals surface area contributed by atoms with Gasteiger partial charge in [-0.2, -0.15) is 0 Å². The van der Waals surface area contributed by atoms with E-state index in [1.807, 2.05) is 0 Å². The van der Waals surface area contributed by atoms with Gasteiger partial charge in [0, 0.05) is 6.04 Å².